The number of aliphatic hydroxyl groups excluding tert-OH is 1. The van der Waals surface area contributed by atoms with Crippen LogP contribution in [0.5, 0.6) is 5.75 Å². The van der Waals surface area contributed by atoms with Gasteiger partial charge in [-0.2, -0.15) is 0 Å². The summed E-state index contributed by atoms with van der Waals surface area (Å²) in [6, 6.07) is 16.5. The van der Waals surface area contributed by atoms with Crippen molar-refractivity contribution in [1.29, 1.82) is 0 Å². The number of nitrogens with zero attached hydrogens (tertiary/aromatic N) is 1. The highest BCUT2D eigenvalue weighted by atomic mass is 35.5. The maximum absolute atomic E-state index is 10.9. The van der Waals surface area contributed by atoms with E-state index in [-0.39, 0.29) is 18.4 Å². The Bertz CT molecular complexity index is 736. The summed E-state index contributed by atoms with van der Waals surface area (Å²) in [5.74, 6) is 0.857. The molecule has 0 amide bonds. The van der Waals surface area contributed by atoms with Gasteiger partial charge in [0.25, 0.3) is 0 Å². The minimum atomic E-state index is -0.638. The summed E-state index contributed by atoms with van der Waals surface area (Å²) in [6.07, 6.45) is 0.317. The number of ether oxygens (including phenoxy) is 1. The van der Waals surface area contributed by atoms with Crippen LogP contribution in [0.15, 0.2) is 48.5 Å². The van der Waals surface area contributed by atoms with Crippen LogP contribution in [0.2, 0.25) is 0 Å². The molecule has 2 aromatic carbocycles. The molecule has 4 nitrogen and oxygen atoms in total. The number of rotatable bonds is 6. The second kappa shape index (κ2) is 8.96. The molecule has 0 spiro atoms. The third-order valence-corrected chi connectivity index (χ3v) is 5.27. The van der Waals surface area contributed by atoms with Gasteiger partial charge >= 0.3 is 0 Å². The second-order valence-electron chi connectivity index (χ2n) is 7.55. The molecule has 0 saturated heterocycles. The van der Waals surface area contributed by atoms with Gasteiger partial charge in [-0.25, -0.2) is 0 Å². The van der Waals surface area contributed by atoms with Crippen LogP contribution in [-0.4, -0.2) is 36.9 Å². The SMILES string of the molecule is CCN(C)c1ccc2c(c1)OC(C)(C)C(O)[C@H]2NCCc1ccccc1.Cl. The van der Waals surface area contributed by atoms with Crippen molar-refractivity contribution >= 4 is 18.1 Å². The largest absolute Gasteiger partial charge is 0.485 e. The van der Waals surface area contributed by atoms with E-state index in [1.54, 1.807) is 0 Å². The fraction of sp³-hybridized carbons (Fsp3) is 0.455. The van der Waals surface area contributed by atoms with E-state index in [4.69, 9.17) is 4.74 Å². The molecule has 0 aliphatic carbocycles. The Morgan fingerprint density at radius 3 is 2.52 bits per heavy atom. The van der Waals surface area contributed by atoms with Crippen LogP contribution in [0, 0.1) is 0 Å². The third-order valence-electron chi connectivity index (χ3n) is 5.27. The summed E-state index contributed by atoms with van der Waals surface area (Å²) in [4.78, 5) is 2.18. The first-order valence-corrected chi connectivity index (χ1v) is 9.42. The van der Waals surface area contributed by atoms with Crippen molar-refractivity contribution in [1.82, 2.24) is 5.32 Å². The van der Waals surface area contributed by atoms with Gasteiger partial charge in [-0.05, 0) is 45.4 Å². The molecule has 0 fully saturated rings. The van der Waals surface area contributed by atoms with Gasteiger partial charge in [-0.15, -0.1) is 12.4 Å². The van der Waals surface area contributed by atoms with Crippen molar-refractivity contribution in [3.05, 3.63) is 59.7 Å². The summed E-state index contributed by atoms with van der Waals surface area (Å²) < 4.78 is 6.15. The molecular formula is C22H31ClN2O2. The van der Waals surface area contributed by atoms with Crippen LogP contribution >= 0.6 is 12.4 Å². The Kier molecular flexibility index (Phi) is 7.15. The van der Waals surface area contributed by atoms with E-state index in [9.17, 15) is 5.11 Å². The lowest BCUT2D eigenvalue weighted by Gasteiger charge is -2.42. The number of nitrogens with one attached hydrogen (secondary N) is 1. The Hall–Kier alpha value is -1.75. The first-order valence-electron chi connectivity index (χ1n) is 9.42. The van der Waals surface area contributed by atoms with Crippen molar-refractivity contribution in [2.45, 2.75) is 44.9 Å². The standard InChI is InChI=1S/C22H30N2O2.ClH/c1-5-24(4)17-11-12-18-19(15-17)26-22(2,3)21(25)20(18)23-14-13-16-9-7-6-8-10-16;/h6-12,15,20-21,23,25H,5,13-14H2,1-4H3;1H/t20-,21?;/m0./s1. The van der Waals surface area contributed by atoms with E-state index in [1.165, 1.54) is 5.56 Å². The first-order chi connectivity index (χ1) is 12.4. The van der Waals surface area contributed by atoms with Crippen LogP contribution in [0.3, 0.4) is 0 Å². The summed E-state index contributed by atoms with van der Waals surface area (Å²) in [5, 5.41) is 14.4. The normalized spacial score (nSPS) is 20.2. The van der Waals surface area contributed by atoms with Gasteiger partial charge in [0, 0.05) is 30.9 Å². The van der Waals surface area contributed by atoms with E-state index in [0.717, 1.165) is 36.5 Å². The minimum Gasteiger partial charge on any atom is -0.485 e. The van der Waals surface area contributed by atoms with Crippen molar-refractivity contribution < 1.29 is 9.84 Å². The summed E-state index contributed by atoms with van der Waals surface area (Å²) >= 11 is 0. The van der Waals surface area contributed by atoms with Crippen LogP contribution < -0.4 is 15.0 Å². The molecule has 148 valence electrons. The molecule has 2 atom stereocenters. The van der Waals surface area contributed by atoms with Gasteiger partial charge in [-0.1, -0.05) is 36.4 Å². The number of fused-ring (bicyclic) bond motifs is 1. The summed E-state index contributed by atoms with van der Waals surface area (Å²) in [7, 11) is 2.07. The lowest BCUT2D eigenvalue weighted by Crippen LogP contribution is -2.52. The number of hydrogen-bond acceptors (Lipinski definition) is 4. The molecule has 1 aliphatic rings. The van der Waals surface area contributed by atoms with Crippen molar-refractivity contribution in [3.8, 4) is 5.75 Å². The van der Waals surface area contributed by atoms with Gasteiger partial charge in [0.2, 0.25) is 0 Å². The van der Waals surface area contributed by atoms with Crippen molar-refractivity contribution in [2.75, 3.05) is 25.0 Å². The number of anilines is 1. The molecule has 0 bridgehead atoms. The lowest BCUT2D eigenvalue weighted by molar-refractivity contribution is -0.0643. The fourth-order valence-corrected chi connectivity index (χ4v) is 3.44. The van der Waals surface area contributed by atoms with Crippen LogP contribution in [0.1, 0.15) is 37.9 Å². The molecule has 1 heterocycles. The highest BCUT2D eigenvalue weighted by Crippen LogP contribution is 2.41. The summed E-state index contributed by atoms with van der Waals surface area (Å²) in [5.41, 5.74) is 2.81. The zero-order valence-electron chi connectivity index (χ0n) is 16.6. The minimum absolute atomic E-state index is 0. The molecule has 1 aliphatic heterocycles. The molecule has 3 rings (SSSR count). The maximum atomic E-state index is 10.9. The van der Waals surface area contributed by atoms with Crippen LogP contribution in [0.25, 0.3) is 0 Å². The molecule has 1 unspecified atom stereocenters. The quantitative estimate of drug-likeness (QED) is 0.783. The molecule has 2 aromatic rings. The number of hydrogen-bond donors (Lipinski definition) is 2. The van der Waals surface area contributed by atoms with E-state index < -0.39 is 11.7 Å². The smallest absolute Gasteiger partial charge is 0.131 e. The third kappa shape index (κ3) is 4.75. The van der Waals surface area contributed by atoms with Crippen molar-refractivity contribution in [2.24, 2.45) is 0 Å². The molecule has 5 heteroatoms. The van der Waals surface area contributed by atoms with Gasteiger partial charge in [0.05, 0.1) is 6.04 Å². The molecule has 2 N–H and O–H groups in total. The monoisotopic (exact) mass is 390 g/mol. The predicted octanol–water partition coefficient (Wildman–Crippen LogP) is 3.97. The average Bonchev–Trinajstić information content (AvgIpc) is 2.64. The van der Waals surface area contributed by atoms with E-state index in [2.05, 4.69) is 66.7 Å². The lowest BCUT2D eigenvalue weighted by atomic mass is 9.86. The highest BCUT2D eigenvalue weighted by Gasteiger charge is 2.42. The number of benzene rings is 2. The van der Waals surface area contributed by atoms with E-state index in [0.29, 0.717) is 0 Å². The fourth-order valence-electron chi connectivity index (χ4n) is 3.44. The zero-order chi connectivity index (χ0) is 18.7. The molecular weight excluding hydrogens is 360 g/mol. The van der Waals surface area contributed by atoms with Crippen LogP contribution in [0.4, 0.5) is 5.69 Å². The Balaban J connectivity index is 0.00000261. The Morgan fingerprint density at radius 2 is 1.85 bits per heavy atom. The average molecular weight is 391 g/mol. The predicted molar refractivity (Wildman–Crippen MR) is 114 cm³/mol. The zero-order valence-corrected chi connectivity index (χ0v) is 17.4. The van der Waals surface area contributed by atoms with E-state index in [1.807, 2.05) is 19.9 Å². The first kappa shape index (κ1) is 21.5. The van der Waals surface area contributed by atoms with Crippen LogP contribution in [-0.2, 0) is 6.42 Å². The Labute approximate surface area is 169 Å². The van der Waals surface area contributed by atoms with Crippen molar-refractivity contribution in [3.63, 3.8) is 0 Å². The van der Waals surface area contributed by atoms with Gasteiger partial charge in [0.1, 0.15) is 17.5 Å². The highest BCUT2D eigenvalue weighted by molar-refractivity contribution is 5.85. The molecule has 0 radical (unpaired) electrons. The number of aliphatic hydroxyl groups is 1. The molecule has 27 heavy (non-hydrogen) atoms. The van der Waals surface area contributed by atoms with E-state index >= 15 is 0 Å². The second-order valence-corrected chi connectivity index (χ2v) is 7.55. The van der Waals surface area contributed by atoms with Gasteiger partial charge in [-0.3, -0.25) is 0 Å². The summed E-state index contributed by atoms with van der Waals surface area (Å²) in [6.45, 7) is 7.76. The molecule has 0 saturated carbocycles. The molecule has 0 aromatic heterocycles. The van der Waals surface area contributed by atoms with Gasteiger partial charge < -0.3 is 20.1 Å². The topological polar surface area (TPSA) is 44.7 Å². The Morgan fingerprint density at radius 1 is 1.15 bits per heavy atom. The van der Waals surface area contributed by atoms with Gasteiger partial charge in [0.15, 0.2) is 0 Å². The maximum Gasteiger partial charge on any atom is 0.131 e. The number of halogens is 1.